The minimum absolute atomic E-state index is 0.169. The van der Waals surface area contributed by atoms with Gasteiger partial charge < -0.3 is 16.4 Å². The number of carbonyl (C=O) groups is 1. The van der Waals surface area contributed by atoms with Crippen LogP contribution in [0.3, 0.4) is 0 Å². The number of benzene rings is 3. The van der Waals surface area contributed by atoms with Crippen LogP contribution in [0.25, 0.3) is 11.1 Å². The van der Waals surface area contributed by atoms with Crippen LogP contribution in [-0.4, -0.2) is 5.91 Å². The second kappa shape index (κ2) is 5.58. The number of halogens is 1. The van der Waals surface area contributed by atoms with Crippen molar-refractivity contribution in [1.29, 1.82) is 0 Å². The van der Waals surface area contributed by atoms with E-state index >= 15 is 0 Å². The zero-order valence-corrected chi connectivity index (χ0v) is 13.4. The topological polar surface area (TPSA) is 67.1 Å². The lowest BCUT2D eigenvalue weighted by atomic mass is 10.0. The molecule has 0 fully saturated rings. The number of nitrogens with one attached hydrogen (secondary N) is 2. The lowest BCUT2D eigenvalue weighted by molar-refractivity contribution is 0.102. The Kier molecular flexibility index (Phi) is 3.40. The van der Waals surface area contributed by atoms with Gasteiger partial charge in [0.1, 0.15) is 0 Å². The molecular weight excluding hydrogens is 322 g/mol. The van der Waals surface area contributed by atoms with Gasteiger partial charge in [0, 0.05) is 10.7 Å². The minimum atomic E-state index is -0.169. The van der Waals surface area contributed by atoms with E-state index in [-0.39, 0.29) is 5.91 Å². The molecule has 24 heavy (non-hydrogen) atoms. The van der Waals surface area contributed by atoms with Crippen LogP contribution in [-0.2, 0) is 0 Å². The van der Waals surface area contributed by atoms with Crippen molar-refractivity contribution < 1.29 is 4.79 Å². The van der Waals surface area contributed by atoms with Crippen molar-refractivity contribution in [2.75, 3.05) is 16.4 Å². The molecule has 0 aromatic heterocycles. The third-order valence-corrected chi connectivity index (χ3v) is 4.22. The molecule has 3 aromatic rings. The summed E-state index contributed by atoms with van der Waals surface area (Å²) in [7, 11) is 0. The lowest BCUT2D eigenvalue weighted by Gasteiger charge is -2.11. The van der Waals surface area contributed by atoms with E-state index in [1.807, 2.05) is 42.5 Å². The smallest absolute Gasteiger partial charge is 0.257 e. The number of carbonyl (C=O) groups excluding carboxylic acids is 1. The number of rotatable bonds is 1. The summed E-state index contributed by atoms with van der Waals surface area (Å²) in [4.78, 5) is 12.5. The van der Waals surface area contributed by atoms with E-state index < -0.39 is 0 Å². The van der Waals surface area contributed by atoms with Crippen molar-refractivity contribution in [2.45, 2.75) is 0 Å². The Balaban J connectivity index is 1.79. The summed E-state index contributed by atoms with van der Waals surface area (Å²) >= 11 is 6.04. The van der Waals surface area contributed by atoms with Gasteiger partial charge in [-0.15, -0.1) is 0 Å². The van der Waals surface area contributed by atoms with E-state index in [4.69, 9.17) is 17.3 Å². The SMILES string of the molecule is Nc1cccc(-c2ccc3c(c2)NC(=O)c2ccc(Cl)cc2N3)c1. The minimum Gasteiger partial charge on any atom is -0.399 e. The molecule has 0 spiro atoms. The molecule has 0 aliphatic carbocycles. The van der Waals surface area contributed by atoms with Gasteiger partial charge in [0.15, 0.2) is 0 Å². The Morgan fingerprint density at radius 2 is 1.62 bits per heavy atom. The monoisotopic (exact) mass is 335 g/mol. The van der Waals surface area contributed by atoms with E-state index in [2.05, 4.69) is 10.6 Å². The van der Waals surface area contributed by atoms with Gasteiger partial charge in [-0.3, -0.25) is 4.79 Å². The second-order valence-corrected chi connectivity index (χ2v) is 6.09. The standard InChI is InChI=1S/C19H14ClN3O/c20-13-5-6-15-17(10-13)22-16-7-4-12(9-18(16)23-19(15)24)11-2-1-3-14(21)8-11/h1-10,22H,21H2,(H,23,24). The molecule has 3 aromatic carbocycles. The molecule has 0 radical (unpaired) electrons. The van der Waals surface area contributed by atoms with Gasteiger partial charge in [0.05, 0.1) is 22.6 Å². The highest BCUT2D eigenvalue weighted by Gasteiger charge is 2.19. The maximum atomic E-state index is 12.5. The molecule has 4 nitrogen and oxygen atoms in total. The zero-order valence-electron chi connectivity index (χ0n) is 12.6. The molecular formula is C19H14ClN3O. The highest BCUT2D eigenvalue weighted by molar-refractivity contribution is 6.31. The molecule has 118 valence electrons. The lowest BCUT2D eigenvalue weighted by Crippen LogP contribution is -2.10. The van der Waals surface area contributed by atoms with Crippen molar-refractivity contribution >= 4 is 40.3 Å². The van der Waals surface area contributed by atoms with Crippen LogP contribution < -0.4 is 16.4 Å². The van der Waals surface area contributed by atoms with Gasteiger partial charge in [-0.1, -0.05) is 29.8 Å². The predicted molar refractivity (Wildman–Crippen MR) is 99.0 cm³/mol. The third kappa shape index (κ3) is 2.57. The Hall–Kier alpha value is -2.98. The summed E-state index contributed by atoms with van der Waals surface area (Å²) in [5.74, 6) is -0.169. The van der Waals surface area contributed by atoms with Gasteiger partial charge in [-0.05, 0) is 53.6 Å². The van der Waals surface area contributed by atoms with Crippen molar-refractivity contribution in [2.24, 2.45) is 0 Å². The number of nitrogen functional groups attached to an aromatic ring is 1. The summed E-state index contributed by atoms with van der Waals surface area (Å²) in [6.07, 6.45) is 0. The van der Waals surface area contributed by atoms with Crippen molar-refractivity contribution in [3.05, 3.63) is 71.2 Å². The number of anilines is 4. The predicted octanol–water partition coefficient (Wildman–Crippen LogP) is 4.90. The Morgan fingerprint density at radius 3 is 2.46 bits per heavy atom. The van der Waals surface area contributed by atoms with Crippen LogP contribution in [0.1, 0.15) is 10.4 Å². The average molecular weight is 336 g/mol. The number of nitrogens with two attached hydrogens (primary N) is 1. The molecule has 5 heteroatoms. The molecule has 1 amide bonds. The summed E-state index contributed by atoms with van der Waals surface area (Å²) in [5.41, 5.74) is 11.3. The van der Waals surface area contributed by atoms with Gasteiger partial charge in [-0.2, -0.15) is 0 Å². The molecule has 0 unspecified atom stereocenters. The molecule has 1 heterocycles. The van der Waals surface area contributed by atoms with E-state index in [1.165, 1.54) is 0 Å². The van der Waals surface area contributed by atoms with E-state index in [0.29, 0.717) is 27.6 Å². The first-order valence-corrected chi connectivity index (χ1v) is 7.86. The highest BCUT2D eigenvalue weighted by Crippen LogP contribution is 2.36. The zero-order chi connectivity index (χ0) is 16.7. The third-order valence-electron chi connectivity index (χ3n) is 3.98. The fourth-order valence-corrected chi connectivity index (χ4v) is 2.98. The van der Waals surface area contributed by atoms with Crippen LogP contribution in [0.15, 0.2) is 60.7 Å². The van der Waals surface area contributed by atoms with Crippen LogP contribution >= 0.6 is 11.6 Å². The molecule has 1 aliphatic rings. The van der Waals surface area contributed by atoms with Gasteiger partial charge in [0.25, 0.3) is 5.91 Å². The molecule has 4 rings (SSSR count). The fraction of sp³-hybridized carbons (Fsp3) is 0. The second-order valence-electron chi connectivity index (χ2n) is 5.65. The Labute approximate surface area is 144 Å². The Morgan fingerprint density at radius 1 is 0.792 bits per heavy atom. The van der Waals surface area contributed by atoms with Crippen LogP contribution in [0.4, 0.5) is 22.7 Å². The van der Waals surface area contributed by atoms with E-state index in [1.54, 1.807) is 18.2 Å². The fourth-order valence-electron chi connectivity index (χ4n) is 2.81. The number of hydrogen-bond donors (Lipinski definition) is 3. The maximum Gasteiger partial charge on any atom is 0.257 e. The maximum absolute atomic E-state index is 12.5. The van der Waals surface area contributed by atoms with E-state index in [0.717, 1.165) is 16.8 Å². The summed E-state index contributed by atoms with van der Waals surface area (Å²) < 4.78 is 0. The first-order chi connectivity index (χ1) is 11.6. The van der Waals surface area contributed by atoms with Crippen LogP contribution in [0.5, 0.6) is 0 Å². The largest absolute Gasteiger partial charge is 0.399 e. The van der Waals surface area contributed by atoms with Crippen molar-refractivity contribution in [3.8, 4) is 11.1 Å². The summed E-state index contributed by atoms with van der Waals surface area (Å²) in [6, 6.07) is 18.7. The van der Waals surface area contributed by atoms with Crippen molar-refractivity contribution in [1.82, 2.24) is 0 Å². The average Bonchev–Trinajstić information content (AvgIpc) is 2.69. The van der Waals surface area contributed by atoms with Crippen molar-refractivity contribution in [3.63, 3.8) is 0 Å². The van der Waals surface area contributed by atoms with Crippen LogP contribution in [0.2, 0.25) is 5.02 Å². The molecule has 0 saturated carbocycles. The summed E-state index contributed by atoms with van der Waals surface area (Å²) in [5, 5.41) is 6.80. The summed E-state index contributed by atoms with van der Waals surface area (Å²) in [6.45, 7) is 0. The van der Waals surface area contributed by atoms with Gasteiger partial charge in [0.2, 0.25) is 0 Å². The first kappa shape index (κ1) is 14.6. The Bertz CT molecular complexity index is 969. The number of fused-ring (bicyclic) bond motifs is 2. The number of hydrogen-bond acceptors (Lipinski definition) is 3. The van der Waals surface area contributed by atoms with Crippen LogP contribution in [0, 0.1) is 0 Å². The molecule has 4 N–H and O–H groups in total. The molecule has 0 bridgehead atoms. The van der Waals surface area contributed by atoms with Gasteiger partial charge in [-0.25, -0.2) is 0 Å². The quantitative estimate of drug-likeness (QED) is 0.554. The molecule has 0 atom stereocenters. The first-order valence-electron chi connectivity index (χ1n) is 7.48. The van der Waals surface area contributed by atoms with E-state index in [9.17, 15) is 4.79 Å². The molecule has 0 saturated heterocycles. The normalized spacial score (nSPS) is 12.5. The molecule has 1 aliphatic heterocycles. The highest BCUT2D eigenvalue weighted by atomic mass is 35.5. The number of amides is 1. The van der Waals surface area contributed by atoms with Gasteiger partial charge >= 0.3 is 0 Å².